The van der Waals surface area contributed by atoms with Crippen LogP contribution in [0.5, 0.6) is 0 Å². The number of rotatable bonds is 8. The van der Waals surface area contributed by atoms with Crippen molar-refractivity contribution in [1.29, 1.82) is 0 Å². The molecule has 0 spiro atoms. The fourth-order valence-corrected chi connectivity index (χ4v) is 2.35. The second kappa shape index (κ2) is 7.24. The largest absolute Gasteiger partial charge is 0.330 e. The fraction of sp³-hybridized carbons (Fsp3) is 1.00. The van der Waals surface area contributed by atoms with Crippen molar-refractivity contribution in [2.45, 2.75) is 58.4 Å². The molecule has 0 aromatic heterocycles. The van der Waals surface area contributed by atoms with Crippen LogP contribution < -0.4 is 5.73 Å². The van der Waals surface area contributed by atoms with E-state index < -0.39 is 0 Å². The first-order valence-electron chi connectivity index (χ1n) is 6.75. The normalized spacial score (nSPS) is 17.4. The standard InChI is InChI=1S/C13H28N2/c1-3-12(4-2)11-15(10-6-9-14)13-7-5-8-13/h12-13H,3-11,14H2,1-2H3. The molecule has 0 radical (unpaired) electrons. The van der Waals surface area contributed by atoms with Crippen molar-refractivity contribution in [2.75, 3.05) is 19.6 Å². The summed E-state index contributed by atoms with van der Waals surface area (Å²) in [5.41, 5.74) is 5.61. The lowest BCUT2D eigenvalue weighted by Gasteiger charge is -2.39. The molecule has 1 aliphatic rings. The molecule has 1 aliphatic carbocycles. The van der Waals surface area contributed by atoms with Crippen LogP contribution in [0.2, 0.25) is 0 Å². The van der Waals surface area contributed by atoms with Crippen LogP contribution in [-0.2, 0) is 0 Å². The summed E-state index contributed by atoms with van der Waals surface area (Å²) < 4.78 is 0. The van der Waals surface area contributed by atoms with Crippen LogP contribution >= 0.6 is 0 Å². The van der Waals surface area contributed by atoms with Gasteiger partial charge in [0.25, 0.3) is 0 Å². The molecule has 1 rings (SSSR count). The molecular weight excluding hydrogens is 184 g/mol. The molecule has 0 bridgehead atoms. The number of nitrogens with zero attached hydrogens (tertiary/aromatic N) is 1. The Morgan fingerprint density at radius 1 is 1.27 bits per heavy atom. The summed E-state index contributed by atoms with van der Waals surface area (Å²) in [5.74, 6) is 0.892. The second-order valence-corrected chi connectivity index (χ2v) is 4.90. The SMILES string of the molecule is CCC(CC)CN(CCCN)C1CCC1. The Kier molecular flexibility index (Phi) is 6.26. The summed E-state index contributed by atoms with van der Waals surface area (Å²) >= 11 is 0. The highest BCUT2D eigenvalue weighted by Crippen LogP contribution is 2.26. The van der Waals surface area contributed by atoms with E-state index in [4.69, 9.17) is 5.73 Å². The van der Waals surface area contributed by atoms with Gasteiger partial charge >= 0.3 is 0 Å². The third-order valence-corrected chi connectivity index (χ3v) is 3.89. The fourth-order valence-electron chi connectivity index (χ4n) is 2.35. The Balaban J connectivity index is 2.32. The van der Waals surface area contributed by atoms with E-state index in [1.807, 2.05) is 0 Å². The monoisotopic (exact) mass is 212 g/mol. The second-order valence-electron chi connectivity index (χ2n) is 4.90. The predicted molar refractivity (Wildman–Crippen MR) is 67.0 cm³/mol. The van der Waals surface area contributed by atoms with Gasteiger partial charge in [-0.05, 0) is 38.3 Å². The quantitative estimate of drug-likeness (QED) is 0.670. The van der Waals surface area contributed by atoms with Gasteiger partial charge in [0.2, 0.25) is 0 Å². The zero-order valence-electron chi connectivity index (χ0n) is 10.5. The Hall–Kier alpha value is -0.0800. The van der Waals surface area contributed by atoms with E-state index in [1.54, 1.807) is 0 Å². The van der Waals surface area contributed by atoms with Gasteiger partial charge in [0.05, 0.1) is 0 Å². The van der Waals surface area contributed by atoms with E-state index >= 15 is 0 Å². The molecule has 0 heterocycles. The maximum atomic E-state index is 5.61. The van der Waals surface area contributed by atoms with Crippen molar-refractivity contribution < 1.29 is 0 Å². The molecule has 0 aliphatic heterocycles. The number of nitrogens with two attached hydrogens (primary N) is 1. The van der Waals surface area contributed by atoms with Crippen molar-refractivity contribution in [3.05, 3.63) is 0 Å². The first kappa shape index (κ1) is 13.0. The average Bonchev–Trinajstić information content (AvgIpc) is 2.19. The summed E-state index contributed by atoms with van der Waals surface area (Å²) in [4.78, 5) is 2.70. The zero-order valence-corrected chi connectivity index (χ0v) is 10.5. The molecule has 0 aromatic carbocycles. The average molecular weight is 212 g/mol. The topological polar surface area (TPSA) is 29.3 Å². The molecule has 0 unspecified atom stereocenters. The van der Waals surface area contributed by atoms with Gasteiger partial charge in [-0.3, -0.25) is 0 Å². The minimum absolute atomic E-state index is 0.839. The summed E-state index contributed by atoms with van der Waals surface area (Å²) in [6.07, 6.45) is 8.09. The molecule has 2 nitrogen and oxygen atoms in total. The minimum atomic E-state index is 0.839. The van der Waals surface area contributed by atoms with Gasteiger partial charge in [-0.2, -0.15) is 0 Å². The van der Waals surface area contributed by atoms with Crippen molar-refractivity contribution in [1.82, 2.24) is 4.90 Å². The minimum Gasteiger partial charge on any atom is -0.330 e. The summed E-state index contributed by atoms with van der Waals surface area (Å²) in [6, 6.07) is 0.886. The van der Waals surface area contributed by atoms with Gasteiger partial charge in [0, 0.05) is 12.6 Å². The van der Waals surface area contributed by atoms with Gasteiger partial charge in [0.15, 0.2) is 0 Å². The zero-order chi connectivity index (χ0) is 11.1. The van der Waals surface area contributed by atoms with Crippen molar-refractivity contribution >= 4 is 0 Å². The van der Waals surface area contributed by atoms with E-state index in [0.717, 1.165) is 24.9 Å². The van der Waals surface area contributed by atoms with Crippen LogP contribution in [0.3, 0.4) is 0 Å². The Morgan fingerprint density at radius 3 is 2.33 bits per heavy atom. The maximum Gasteiger partial charge on any atom is 0.00954 e. The van der Waals surface area contributed by atoms with Gasteiger partial charge in [0.1, 0.15) is 0 Å². The highest BCUT2D eigenvalue weighted by atomic mass is 15.2. The highest BCUT2D eigenvalue weighted by molar-refractivity contribution is 4.81. The van der Waals surface area contributed by atoms with E-state index in [1.165, 1.54) is 45.2 Å². The summed E-state index contributed by atoms with van der Waals surface area (Å²) in [7, 11) is 0. The van der Waals surface area contributed by atoms with Gasteiger partial charge < -0.3 is 10.6 Å². The molecule has 0 saturated heterocycles. The van der Waals surface area contributed by atoms with Crippen LogP contribution in [0, 0.1) is 5.92 Å². The highest BCUT2D eigenvalue weighted by Gasteiger charge is 2.25. The first-order chi connectivity index (χ1) is 7.31. The van der Waals surface area contributed by atoms with Crippen LogP contribution in [0.4, 0.5) is 0 Å². The first-order valence-corrected chi connectivity index (χ1v) is 6.75. The summed E-state index contributed by atoms with van der Waals surface area (Å²) in [6.45, 7) is 7.99. The molecule has 2 N–H and O–H groups in total. The van der Waals surface area contributed by atoms with Crippen LogP contribution in [-0.4, -0.2) is 30.6 Å². The van der Waals surface area contributed by atoms with E-state index in [9.17, 15) is 0 Å². The van der Waals surface area contributed by atoms with Gasteiger partial charge in [-0.25, -0.2) is 0 Å². The molecule has 90 valence electrons. The lowest BCUT2D eigenvalue weighted by Crippen LogP contribution is -2.43. The third kappa shape index (κ3) is 4.12. The lowest BCUT2D eigenvalue weighted by atomic mass is 9.90. The van der Waals surface area contributed by atoms with Crippen LogP contribution in [0.15, 0.2) is 0 Å². The Morgan fingerprint density at radius 2 is 1.93 bits per heavy atom. The smallest absolute Gasteiger partial charge is 0.00954 e. The Labute approximate surface area is 95.2 Å². The third-order valence-electron chi connectivity index (χ3n) is 3.89. The van der Waals surface area contributed by atoms with Crippen LogP contribution in [0.25, 0.3) is 0 Å². The number of hydrogen-bond acceptors (Lipinski definition) is 2. The molecule has 1 saturated carbocycles. The molecule has 0 atom stereocenters. The molecule has 1 fully saturated rings. The molecule has 2 heteroatoms. The van der Waals surface area contributed by atoms with Crippen molar-refractivity contribution in [3.63, 3.8) is 0 Å². The van der Waals surface area contributed by atoms with Crippen LogP contribution in [0.1, 0.15) is 52.4 Å². The molecule has 0 aromatic rings. The predicted octanol–water partition coefficient (Wildman–Crippen LogP) is 2.63. The number of hydrogen-bond donors (Lipinski definition) is 1. The molecule has 15 heavy (non-hydrogen) atoms. The van der Waals surface area contributed by atoms with Gasteiger partial charge in [-0.1, -0.05) is 33.1 Å². The van der Waals surface area contributed by atoms with E-state index in [-0.39, 0.29) is 0 Å². The molecular formula is C13H28N2. The van der Waals surface area contributed by atoms with Gasteiger partial charge in [-0.15, -0.1) is 0 Å². The van der Waals surface area contributed by atoms with E-state index in [0.29, 0.717) is 0 Å². The maximum absolute atomic E-state index is 5.61. The van der Waals surface area contributed by atoms with E-state index in [2.05, 4.69) is 18.7 Å². The lowest BCUT2D eigenvalue weighted by molar-refractivity contribution is 0.104. The molecule has 0 amide bonds. The van der Waals surface area contributed by atoms with Crippen molar-refractivity contribution in [3.8, 4) is 0 Å². The van der Waals surface area contributed by atoms with Crippen molar-refractivity contribution in [2.24, 2.45) is 11.7 Å². The Bertz CT molecular complexity index is 151. The summed E-state index contributed by atoms with van der Waals surface area (Å²) in [5, 5.41) is 0.